The van der Waals surface area contributed by atoms with Gasteiger partial charge in [-0.15, -0.1) is 0 Å². The number of carbonyl (C=O) groups is 5. The van der Waals surface area contributed by atoms with Crippen LogP contribution in [0.5, 0.6) is 0 Å². The summed E-state index contributed by atoms with van der Waals surface area (Å²) in [6.45, 7) is 9.56. The first-order valence-corrected chi connectivity index (χ1v) is 18.7. The molecule has 2 aromatic rings. The lowest BCUT2D eigenvalue weighted by molar-refractivity contribution is -0.154. The van der Waals surface area contributed by atoms with Gasteiger partial charge in [-0.25, -0.2) is 19.6 Å². The van der Waals surface area contributed by atoms with E-state index in [-0.39, 0.29) is 43.7 Å². The van der Waals surface area contributed by atoms with Gasteiger partial charge in [0.2, 0.25) is 5.91 Å². The van der Waals surface area contributed by atoms with Gasteiger partial charge in [0.15, 0.2) is 0 Å². The van der Waals surface area contributed by atoms with Crippen LogP contribution in [0.15, 0.2) is 42.9 Å². The van der Waals surface area contributed by atoms with Crippen LogP contribution in [0.1, 0.15) is 84.4 Å². The lowest BCUT2D eigenvalue weighted by Crippen LogP contribution is -2.60. The number of carbonyl (C=O) groups excluding carboxylic acids is 5. The monoisotopic (exact) mass is 741 g/mol. The van der Waals surface area contributed by atoms with Gasteiger partial charge >= 0.3 is 18.2 Å². The largest absolute Gasteiger partial charge is 0.459 e. The predicted octanol–water partition coefficient (Wildman–Crippen LogP) is 4.05. The van der Waals surface area contributed by atoms with Crippen molar-refractivity contribution in [1.29, 1.82) is 0 Å². The minimum atomic E-state index is -0.959. The van der Waals surface area contributed by atoms with Crippen molar-refractivity contribution in [3.05, 3.63) is 54.1 Å². The van der Waals surface area contributed by atoms with E-state index >= 15 is 0 Å². The van der Waals surface area contributed by atoms with Gasteiger partial charge in [-0.2, -0.15) is 0 Å². The first-order chi connectivity index (χ1) is 25.4. The molecule has 15 heteroatoms. The Balaban J connectivity index is 2.01. The van der Waals surface area contributed by atoms with Crippen LogP contribution in [0.25, 0.3) is 0 Å². The van der Waals surface area contributed by atoms with Crippen molar-refractivity contribution >= 4 is 30.0 Å². The molecule has 1 aromatic heterocycles. The van der Waals surface area contributed by atoms with E-state index in [0.29, 0.717) is 13.0 Å². The van der Waals surface area contributed by atoms with E-state index in [9.17, 15) is 24.0 Å². The minimum absolute atomic E-state index is 0.0243. The number of hydrazine groups is 1. The fourth-order valence-electron chi connectivity index (χ4n) is 6.39. The number of benzene rings is 1. The van der Waals surface area contributed by atoms with E-state index in [0.717, 1.165) is 43.4 Å². The highest BCUT2D eigenvalue weighted by Crippen LogP contribution is 2.25. The van der Waals surface area contributed by atoms with Crippen molar-refractivity contribution in [2.45, 2.75) is 110 Å². The van der Waals surface area contributed by atoms with Crippen LogP contribution in [-0.2, 0) is 41.4 Å². The number of ether oxygens (including phenoxy) is 3. The number of aryl methyl sites for hydroxylation is 1. The molecule has 1 aliphatic carbocycles. The van der Waals surface area contributed by atoms with Crippen molar-refractivity contribution in [3.63, 3.8) is 0 Å². The maximum Gasteiger partial charge on any atom is 0.407 e. The standard InChI is InChI=1S/C38H59N7O8/c1-7-52-38(50)43-33(25(2)3)35(47)41-30(20-27-14-10-8-11-15-27)31(53-32(46)19-18-29-21-39-24-40-29)23-45(22-28-16-12-9-13-17-28)44-36(48)34(26(4)5)42-37(49)51-6/h8,10-11,14-15,21,24-26,28,30-31,33-34H,7,9,12-13,16-20,22-23H2,1-6H3,(H,39,40)(H,41,47)(H,42,49)(H,43,50)(H,44,48)/t30-,31-,33-,34-/m0/s1. The number of rotatable bonds is 20. The summed E-state index contributed by atoms with van der Waals surface area (Å²) in [4.78, 5) is 73.1. The van der Waals surface area contributed by atoms with Crippen molar-refractivity contribution in [2.24, 2.45) is 17.8 Å². The Hall–Kier alpha value is -4.66. The molecule has 4 atom stereocenters. The number of H-pyrrole nitrogens is 1. The van der Waals surface area contributed by atoms with Gasteiger partial charge in [0, 0.05) is 18.4 Å². The summed E-state index contributed by atoms with van der Waals surface area (Å²) in [7, 11) is 1.23. The van der Waals surface area contributed by atoms with Gasteiger partial charge < -0.3 is 35.1 Å². The normalized spacial score (nSPS) is 15.6. The summed E-state index contributed by atoms with van der Waals surface area (Å²) in [5.74, 6) is -1.74. The summed E-state index contributed by atoms with van der Waals surface area (Å²) >= 11 is 0. The Morgan fingerprint density at radius 3 is 2.17 bits per heavy atom. The number of hydrogen-bond donors (Lipinski definition) is 5. The van der Waals surface area contributed by atoms with Crippen molar-refractivity contribution in [2.75, 3.05) is 26.8 Å². The molecule has 53 heavy (non-hydrogen) atoms. The zero-order valence-corrected chi connectivity index (χ0v) is 32.0. The number of esters is 1. The van der Waals surface area contributed by atoms with E-state index in [1.165, 1.54) is 13.4 Å². The molecule has 1 fully saturated rings. The van der Waals surface area contributed by atoms with Crippen LogP contribution < -0.4 is 21.4 Å². The molecule has 15 nitrogen and oxygen atoms in total. The molecule has 3 rings (SSSR count). The Bertz CT molecular complexity index is 1420. The second kappa shape index (κ2) is 22.4. The van der Waals surface area contributed by atoms with Crippen LogP contribution in [0.2, 0.25) is 0 Å². The summed E-state index contributed by atoms with van der Waals surface area (Å²) < 4.78 is 16.1. The molecule has 0 radical (unpaired) electrons. The number of nitrogens with one attached hydrogen (secondary N) is 5. The van der Waals surface area contributed by atoms with E-state index in [1.54, 1.807) is 18.1 Å². The lowest BCUT2D eigenvalue weighted by Gasteiger charge is -2.36. The number of hydrogen-bond acceptors (Lipinski definition) is 10. The zero-order chi connectivity index (χ0) is 38.8. The van der Waals surface area contributed by atoms with Gasteiger partial charge in [0.1, 0.15) is 18.2 Å². The fourth-order valence-corrected chi connectivity index (χ4v) is 6.39. The van der Waals surface area contributed by atoms with Crippen molar-refractivity contribution in [3.8, 4) is 0 Å². The Labute approximate surface area is 313 Å². The zero-order valence-electron chi connectivity index (χ0n) is 32.0. The summed E-state index contributed by atoms with van der Waals surface area (Å²) in [6.07, 6.45) is 6.64. The summed E-state index contributed by atoms with van der Waals surface area (Å²) in [6, 6.07) is 6.85. The predicted molar refractivity (Wildman–Crippen MR) is 198 cm³/mol. The van der Waals surface area contributed by atoms with E-state index < -0.39 is 54.2 Å². The number of imidazole rings is 1. The topological polar surface area (TPSA) is 193 Å². The van der Waals surface area contributed by atoms with Gasteiger partial charge in [0.25, 0.3) is 5.91 Å². The number of alkyl carbamates (subject to hydrolysis) is 2. The van der Waals surface area contributed by atoms with E-state index in [1.807, 2.05) is 58.0 Å². The Morgan fingerprint density at radius 2 is 1.57 bits per heavy atom. The Kier molecular flexibility index (Phi) is 18.1. The first-order valence-electron chi connectivity index (χ1n) is 18.7. The maximum absolute atomic E-state index is 14.0. The van der Waals surface area contributed by atoms with E-state index in [2.05, 4.69) is 31.3 Å². The molecule has 1 heterocycles. The van der Waals surface area contributed by atoms with Crippen molar-refractivity contribution < 1.29 is 38.2 Å². The van der Waals surface area contributed by atoms with Crippen molar-refractivity contribution in [1.82, 2.24) is 36.4 Å². The van der Waals surface area contributed by atoms with Crippen LogP contribution in [0.4, 0.5) is 9.59 Å². The maximum atomic E-state index is 14.0. The summed E-state index contributed by atoms with van der Waals surface area (Å²) in [5, 5.41) is 10.1. The third-order valence-corrected chi connectivity index (χ3v) is 9.29. The highest BCUT2D eigenvalue weighted by Gasteiger charge is 2.35. The fraction of sp³-hybridized carbons (Fsp3) is 0.632. The van der Waals surface area contributed by atoms with Crippen LogP contribution in [0, 0.1) is 17.8 Å². The molecule has 4 amide bonds. The van der Waals surface area contributed by atoms with Gasteiger partial charge in [-0.1, -0.05) is 77.3 Å². The molecule has 0 bridgehead atoms. The van der Waals surface area contributed by atoms with Crippen LogP contribution in [0.3, 0.4) is 0 Å². The molecule has 0 spiro atoms. The average Bonchev–Trinajstić information content (AvgIpc) is 3.66. The molecule has 5 N–H and O–H groups in total. The summed E-state index contributed by atoms with van der Waals surface area (Å²) in [5.41, 5.74) is 4.66. The quantitative estimate of drug-likeness (QED) is 0.0752. The average molecular weight is 742 g/mol. The van der Waals surface area contributed by atoms with Gasteiger partial charge in [0.05, 0.1) is 39.1 Å². The highest BCUT2D eigenvalue weighted by molar-refractivity contribution is 5.86. The molecule has 0 aliphatic heterocycles. The lowest BCUT2D eigenvalue weighted by atomic mass is 9.89. The third-order valence-electron chi connectivity index (χ3n) is 9.29. The third kappa shape index (κ3) is 15.1. The molecule has 0 saturated heterocycles. The number of aromatic amines is 1. The molecular weight excluding hydrogens is 682 g/mol. The molecule has 1 aliphatic rings. The minimum Gasteiger partial charge on any atom is -0.459 e. The van der Waals surface area contributed by atoms with Crippen LogP contribution >= 0.6 is 0 Å². The number of aromatic nitrogens is 2. The number of nitrogens with zero attached hydrogens (tertiary/aromatic N) is 2. The van der Waals surface area contributed by atoms with Gasteiger partial charge in [-0.05, 0) is 55.9 Å². The second-order valence-corrected chi connectivity index (χ2v) is 14.2. The number of amides is 4. The molecule has 1 saturated carbocycles. The van der Waals surface area contributed by atoms with Crippen LogP contribution in [-0.4, -0.2) is 96.0 Å². The van der Waals surface area contributed by atoms with Gasteiger partial charge in [-0.3, -0.25) is 19.8 Å². The molecule has 0 unspecified atom stereocenters. The molecule has 1 aromatic carbocycles. The molecule has 294 valence electrons. The number of methoxy groups -OCH3 is 1. The SMILES string of the molecule is CCOC(=O)N[C@H](C(=O)N[C@@H](Cc1ccccc1)[C@H](CN(CC1CCCCC1)NC(=O)[C@@H](NC(=O)OC)C(C)C)OC(=O)CCc1cnc[nH]1)C(C)C. The molecular formula is C38H59N7O8. The first kappa shape index (κ1) is 42.8. The Morgan fingerprint density at radius 1 is 0.906 bits per heavy atom. The second-order valence-electron chi connectivity index (χ2n) is 14.2. The van der Waals surface area contributed by atoms with E-state index in [4.69, 9.17) is 14.2 Å². The smallest absolute Gasteiger partial charge is 0.407 e. The highest BCUT2D eigenvalue weighted by atomic mass is 16.6.